The summed E-state index contributed by atoms with van der Waals surface area (Å²) >= 11 is 0. The molecule has 2 atom stereocenters. The largest absolute Gasteiger partial charge is 0.372 e. The molecule has 0 saturated carbocycles. The Morgan fingerprint density at radius 3 is 2.41 bits per heavy atom. The Morgan fingerprint density at radius 2 is 1.76 bits per heavy atom. The highest BCUT2D eigenvalue weighted by Crippen LogP contribution is 2.22. The van der Waals surface area contributed by atoms with Gasteiger partial charge in [0.15, 0.2) is 0 Å². The van der Waals surface area contributed by atoms with Gasteiger partial charge in [0.2, 0.25) is 0 Å². The molecule has 2 heterocycles. The SMILES string of the molecule is CC(C)(C)NCC1CCC(CN2CCCC2)O1. The molecule has 2 saturated heterocycles. The van der Waals surface area contributed by atoms with Gasteiger partial charge >= 0.3 is 0 Å². The fourth-order valence-electron chi connectivity index (χ4n) is 2.74. The van der Waals surface area contributed by atoms with E-state index in [1.807, 2.05) is 0 Å². The first kappa shape index (κ1) is 13.3. The van der Waals surface area contributed by atoms with Gasteiger partial charge in [0.1, 0.15) is 0 Å². The normalized spacial score (nSPS) is 31.2. The lowest BCUT2D eigenvalue weighted by Crippen LogP contribution is -2.41. The van der Waals surface area contributed by atoms with Crippen LogP contribution in [0.3, 0.4) is 0 Å². The van der Waals surface area contributed by atoms with Crippen LogP contribution >= 0.6 is 0 Å². The minimum absolute atomic E-state index is 0.205. The average molecular weight is 240 g/mol. The highest BCUT2D eigenvalue weighted by Gasteiger charge is 2.28. The Morgan fingerprint density at radius 1 is 1.12 bits per heavy atom. The third-order valence-electron chi connectivity index (χ3n) is 3.72. The van der Waals surface area contributed by atoms with Crippen LogP contribution in [-0.4, -0.2) is 48.8 Å². The Balaban J connectivity index is 1.64. The number of nitrogens with zero attached hydrogens (tertiary/aromatic N) is 1. The van der Waals surface area contributed by atoms with Gasteiger partial charge in [-0.3, -0.25) is 0 Å². The number of nitrogens with one attached hydrogen (secondary N) is 1. The minimum Gasteiger partial charge on any atom is -0.372 e. The third-order valence-corrected chi connectivity index (χ3v) is 3.72. The van der Waals surface area contributed by atoms with Gasteiger partial charge in [0.25, 0.3) is 0 Å². The predicted molar refractivity (Wildman–Crippen MR) is 71.3 cm³/mol. The van der Waals surface area contributed by atoms with Gasteiger partial charge in [0, 0.05) is 18.6 Å². The molecule has 2 aliphatic rings. The second kappa shape index (κ2) is 5.68. The summed E-state index contributed by atoms with van der Waals surface area (Å²) in [6.07, 6.45) is 6.14. The first-order valence-electron chi connectivity index (χ1n) is 7.16. The highest BCUT2D eigenvalue weighted by atomic mass is 16.5. The van der Waals surface area contributed by atoms with E-state index in [-0.39, 0.29) is 5.54 Å². The summed E-state index contributed by atoms with van der Waals surface area (Å²) in [4.78, 5) is 2.56. The van der Waals surface area contributed by atoms with E-state index in [1.54, 1.807) is 0 Å². The summed E-state index contributed by atoms with van der Waals surface area (Å²) in [5.41, 5.74) is 0.205. The predicted octanol–water partition coefficient (Wildman–Crippen LogP) is 2.02. The molecular formula is C14H28N2O. The van der Waals surface area contributed by atoms with Crippen LogP contribution in [0.4, 0.5) is 0 Å². The van der Waals surface area contributed by atoms with Crippen LogP contribution in [0.25, 0.3) is 0 Å². The topological polar surface area (TPSA) is 24.5 Å². The van der Waals surface area contributed by atoms with E-state index < -0.39 is 0 Å². The van der Waals surface area contributed by atoms with Gasteiger partial charge in [-0.2, -0.15) is 0 Å². The van der Waals surface area contributed by atoms with E-state index in [4.69, 9.17) is 4.74 Å². The molecule has 0 aromatic heterocycles. The second-order valence-corrected chi connectivity index (χ2v) is 6.60. The van der Waals surface area contributed by atoms with Gasteiger partial charge in [0.05, 0.1) is 12.2 Å². The molecular weight excluding hydrogens is 212 g/mol. The lowest BCUT2D eigenvalue weighted by Gasteiger charge is -2.24. The molecule has 0 aliphatic carbocycles. The third kappa shape index (κ3) is 4.57. The zero-order valence-electron chi connectivity index (χ0n) is 11.7. The first-order chi connectivity index (χ1) is 8.03. The van der Waals surface area contributed by atoms with E-state index in [0.717, 1.165) is 13.1 Å². The molecule has 100 valence electrons. The van der Waals surface area contributed by atoms with Crippen LogP contribution in [-0.2, 0) is 4.74 Å². The Labute approximate surface area is 106 Å². The van der Waals surface area contributed by atoms with Crippen molar-refractivity contribution in [3.8, 4) is 0 Å². The standard InChI is InChI=1S/C14H28N2O/c1-14(2,3)15-10-12-6-7-13(17-12)11-16-8-4-5-9-16/h12-13,15H,4-11H2,1-3H3. The van der Waals surface area contributed by atoms with Crippen molar-refractivity contribution in [2.45, 2.75) is 64.2 Å². The molecule has 0 amide bonds. The highest BCUT2D eigenvalue weighted by molar-refractivity contribution is 4.81. The fourth-order valence-corrected chi connectivity index (χ4v) is 2.74. The first-order valence-corrected chi connectivity index (χ1v) is 7.16. The van der Waals surface area contributed by atoms with Gasteiger partial charge in [-0.25, -0.2) is 0 Å². The number of rotatable bonds is 4. The zero-order valence-corrected chi connectivity index (χ0v) is 11.7. The van der Waals surface area contributed by atoms with Crippen molar-refractivity contribution in [1.82, 2.24) is 10.2 Å². The van der Waals surface area contributed by atoms with Crippen molar-refractivity contribution in [3.05, 3.63) is 0 Å². The summed E-state index contributed by atoms with van der Waals surface area (Å²) in [6.45, 7) is 11.4. The number of hydrogen-bond acceptors (Lipinski definition) is 3. The van der Waals surface area contributed by atoms with Crippen molar-refractivity contribution in [3.63, 3.8) is 0 Å². The maximum Gasteiger partial charge on any atom is 0.0707 e. The summed E-state index contributed by atoms with van der Waals surface area (Å²) in [5, 5.41) is 3.54. The number of hydrogen-bond donors (Lipinski definition) is 1. The van der Waals surface area contributed by atoms with E-state index in [0.29, 0.717) is 12.2 Å². The maximum absolute atomic E-state index is 6.11. The Hall–Kier alpha value is -0.120. The van der Waals surface area contributed by atoms with Crippen molar-refractivity contribution in [1.29, 1.82) is 0 Å². The van der Waals surface area contributed by atoms with Crippen LogP contribution < -0.4 is 5.32 Å². The molecule has 17 heavy (non-hydrogen) atoms. The molecule has 0 aromatic rings. The van der Waals surface area contributed by atoms with Crippen LogP contribution in [0.5, 0.6) is 0 Å². The zero-order chi connectivity index (χ0) is 12.3. The van der Waals surface area contributed by atoms with Gasteiger partial charge in [-0.15, -0.1) is 0 Å². The fraction of sp³-hybridized carbons (Fsp3) is 1.00. The molecule has 0 bridgehead atoms. The molecule has 3 nitrogen and oxygen atoms in total. The Bertz CT molecular complexity index is 231. The van der Waals surface area contributed by atoms with Crippen LogP contribution in [0, 0.1) is 0 Å². The molecule has 2 unspecified atom stereocenters. The van der Waals surface area contributed by atoms with E-state index in [9.17, 15) is 0 Å². The summed E-state index contributed by atoms with van der Waals surface area (Å²) < 4.78 is 6.11. The van der Waals surface area contributed by atoms with E-state index in [2.05, 4.69) is 31.0 Å². The van der Waals surface area contributed by atoms with Gasteiger partial charge in [-0.05, 0) is 59.5 Å². The average Bonchev–Trinajstić information content (AvgIpc) is 2.86. The minimum atomic E-state index is 0.205. The smallest absolute Gasteiger partial charge is 0.0707 e. The summed E-state index contributed by atoms with van der Waals surface area (Å²) in [5.74, 6) is 0. The van der Waals surface area contributed by atoms with Crippen LogP contribution in [0.2, 0.25) is 0 Å². The molecule has 0 aromatic carbocycles. The maximum atomic E-state index is 6.11. The summed E-state index contributed by atoms with van der Waals surface area (Å²) in [7, 11) is 0. The lowest BCUT2D eigenvalue weighted by molar-refractivity contribution is 0.0249. The quantitative estimate of drug-likeness (QED) is 0.813. The van der Waals surface area contributed by atoms with Crippen LogP contribution in [0.15, 0.2) is 0 Å². The van der Waals surface area contributed by atoms with Crippen LogP contribution in [0.1, 0.15) is 46.5 Å². The molecule has 2 rings (SSSR count). The van der Waals surface area contributed by atoms with Crippen molar-refractivity contribution in [2.75, 3.05) is 26.2 Å². The van der Waals surface area contributed by atoms with Crippen molar-refractivity contribution in [2.24, 2.45) is 0 Å². The monoisotopic (exact) mass is 240 g/mol. The Kier molecular flexibility index (Phi) is 4.45. The molecule has 1 N–H and O–H groups in total. The van der Waals surface area contributed by atoms with Crippen molar-refractivity contribution < 1.29 is 4.74 Å². The molecule has 2 aliphatic heterocycles. The van der Waals surface area contributed by atoms with Crippen molar-refractivity contribution >= 4 is 0 Å². The second-order valence-electron chi connectivity index (χ2n) is 6.60. The molecule has 0 spiro atoms. The molecule has 2 fully saturated rings. The molecule has 3 heteroatoms. The molecule has 0 radical (unpaired) electrons. The van der Waals surface area contributed by atoms with Gasteiger partial charge < -0.3 is 15.0 Å². The van der Waals surface area contributed by atoms with E-state index >= 15 is 0 Å². The number of ether oxygens (including phenoxy) is 1. The number of likely N-dealkylation sites (tertiary alicyclic amines) is 1. The lowest BCUT2D eigenvalue weighted by atomic mass is 10.1. The van der Waals surface area contributed by atoms with E-state index in [1.165, 1.54) is 38.8 Å². The van der Waals surface area contributed by atoms with Gasteiger partial charge in [-0.1, -0.05) is 0 Å². The summed E-state index contributed by atoms with van der Waals surface area (Å²) in [6, 6.07) is 0.